The smallest absolute Gasteiger partial charge is 0.316 e. The van der Waals surface area contributed by atoms with Gasteiger partial charge in [0.25, 0.3) is 0 Å². The fraction of sp³-hybridized carbons (Fsp3) is 0.375. The highest BCUT2D eigenvalue weighted by molar-refractivity contribution is 5.80. The summed E-state index contributed by atoms with van der Waals surface area (Å²) in [7, 11) is 2.81. The molecule has 4 atom stereocenters. The second kappa shape index (κ2) is 4.78. The lowest BCUT2D eigenvalue weighted by Gasteiger charge is -2.06. The molecule has 0 spiro atoms. The first-order valence-electron chi connectivity index (χ1n) is 6.62. The quantitative estimate of drug-likeness (QED) is 0.719. The molecule has 4 heteroatoms. The number of rotatable bonds is 2. The average Bonchev–Trinajstić information content (AvgIpc) is 3.21. The molecule has 2 unspecified atom stereocenters. The van der Waals surface area contributed by atoms with E-state index in [-0.39, 0.29) is 35.6 Å². The monoisotopic (exact) mass is 272 g/mol. The second-order valence-corrected chi connectivity index (χ2v) is 5.21. The molecule has 104 valence electrons. The van der Waals surface area contributed by atoms with Gasteiger partial charge in [-0.1, -0.05) is 36.5 Å². The molecule has 0 radical (unpaired) electrons. The molecule has 1 saturated carbocycles. The van der Waals surface area contributed by atoms with Gasteiger partial charge in [-0.3, -0.25) is 9.59 Å². The van der Waals surface area contributed by atoms with Crippen molar-refractivity contribution in [1.29, 1.82) is 0 Å². The van der Waals surface area contributed by atoms with Gasteiger partial charge >= 0.3 is 11.9 Å². The van der Waals surface area contributed by atoms with Gasteiger partial charge < -0.3 is 9.47 Å². The van der Waals surface area contributed by atoms with Gasteiger partial charge in [0.05, 0.1) is 26.1 Å². The first-order chi connectivity index (χ1) is 9.65. The fourth-order valence-electron chi connectivity index (χ4n) is 2.92. The Morgan fingerprint density at radius 2 is 1.40 bits per heavy atom. The second-order valence-electron chi connectivity index (χ2n) is 5.21. The van der Waals surface area contributed by atoms with Crippen LogP contribution in [-0.2, 0) is 19.1 Å². The van der Waals surface area contributed by atoms with Crippen molar-refractivity contribution in [3.8, 4) is 0 Å². The highest BCUT2D eigenvalue weighted by atomic mass is 16.5. The number of methoxy groups -OCH3 is 2. The van der Waals surface area contributed by atoms with Crippen molar-refractivity contribution in [3.63, 3.8) is 0 Å². The first kappa shape index (κ1) is 12.9. The first-order valence-corrected chi connectivity index (χ1v) is 6.62. The summed E-state index contributed by atoms with van der Waals surface area (Å²) in [4.78, 5) is 23.2. The minimum Gasteiger partial charge on any atom is -0.469 e. The summed E-state index contributed by atoms with van der Waals surface area (Å²) in [6.07, 6.45) is 11.7. The third-order valence-corrected chi connectivity index (χ3v) is 4.12. The van der Waals surface area contributed by atoms with Crippen molar-refractivity contribution in [1.82, 2.24) is 0 Å². The van der Waals surface area contributed by atoms with Gasteiger partial charge in [0.2, 0.25) is 0 Å². The molecule has 0 aromatic carbocycles. The van der Waals surface area contributed by atoms with Gasteiger partial charge in [0.1, 0.15) is 0 Å². The number of hydrogen-bond donors (Lipinski definition) is 0. The normalized spacial score (nSPS) is 33.1. The van der Waals surface area contributed by atoms with Gasteiger partial charge in [-0.25, -0.2) is 0 Å². The van der Waals surface area contributed by atoms with Gasteiger partial charge in [-0.15, -0.1) is 0 Å². The number of esters is 2. The van der Waals surface area contributed by atoms with E-state index in [1.54, 1.807) is 0 Å². The Morgan fingerprint density at radius 3 is 1.85 bits per heavy atom. The molecule has 1 fully saturated rings. The van der Waals surface area contributed by atoms with Crippen LogP contribution in [0.2, 0.25) is 0 Å². The molecule has 0 bridgehead atoms. The van der Waals surface area contributed by atoms with Crippen molar-refractivity contribution in [3.05, 3.63) is 47.6 Å². The molecule has 3 rings (SSSR count). The molecule has 4 nitrogen and oxygen atoms in total. The molecule has 0 aliphatic heterocycles. The van der Waals surface area contributed by atoms with E-state index >= 15 is 0 Å². The minimum atomic E-state index is -0.347. The van der Waals surface area contributed by atoms with Crippen LogP contribution in [0.3, 0.4) is 0 Å². The van der Waals surface area contributed by atoms with Crippen LogP contribution in [0, 0.1) is 23.7 Å². The molecule has 20 heavy (non-hydrogen) atoms. The van der Waals surface area contributed by atoms with Crippen LogP contribution in [0.25, 0.3) is 0 Å². The maximum Gasteiger partial charge on any atom is 0.316 e. The summed E-state index contributed by atoms with van der Waals surface area (Å²) in [5.41, 5.74) is 2.11. The van der Waals surface area contributed by atoms with Crippen LogP contribution in [0.15, 0.2) is 47.6 Å². The van der Waals surface area contributed by atoms with Crippen molar-refractivity contribution in [2.24, 2.45) is 23.7 Å². The average molecular weight is 272 g/mol. The predicted octanol–water partition coefficient (Wildman–Crippen LogP) is 1.80. The van der Waals surface area contributed by atoms with E-state index in [0.717, 1.165) is 11.1 Å². The van der Waals surface area contributed by atoms with Crippen LogP contribution in [0.1, 0.15) is 0 Å². The maximum absolute atomic E-state index is 11.6. The highest BCUT2D eigenvalue weighted by Gasteiger charge is 2.54. The highest BCUT2D eigenvalue weighted by Crippen LogP contribution is 2.53. The van der Waals surface area contributed by atoms with E-state index in [4.69, 9.17) is 9.47 Å². The van der Waals surface area contributed by atoms with E-state index in [0.29, 0.717) is 0 Å². The molecule has 0 heterocycles. The largest absolute Gasteiger partial charge is 0.469 e. The third-order valence-electron chi connectivity index (χ3n) is 4.12. The lowest BCUT2D eigenvalue weighted by atomic mass is 9.98. The van der Waals surface area contributed by atoms with Crippen LogP contribution in [0.4, 0.5) is 0 Å². The third kappa shape index (κ3) is 2.01. The van der Waals surface area contributed by atoms with Gasteiger partial charge in [0, 0.05) is 0 Å². The van der Waals surface area contributed by atoms with Crippen LogP contribution in [0.5, 0.6) is 0 Å². The van der Waals surface area contributed by atoms with Crippen molar-refractivity contribution in [2.45, 2.75) is 0 Å². The lowest BCUT2D eigenvalue weighted by molar-refractivity contribution is -0.143. The Bertz CT molecular complexity index is 543. The lowest BCUT2D eigenvalue weighted by Crippen LogP contribution is -2.10. The van der Waals surface area contributed by atoms with E-state index < -0.39 is 0 Å². The summed E-state index contributed by atoms with van der Waals surface area (Å²) in [6.45, 7) is 0. The zero-order valence-corrected chi connectivity index (χ0v) is 11.4. The predicted molar refractivity (Wildman–Crippen MR) is 72.4 cm³/mol. The topological polar surface area (TPSA) is 52.6 Å². The molecule has 0 aromatic heterocycles. The molecule has 0 amide bonds. The maximum atomic E-state index is 11.6. The zero-order chi connectivity index (χ0) is 14.3. The van der Waals surface area contributed by atoms with Crippen molar-refractivity contribution < 1.29 is 19.1 Å². The Hall–Kier alpha value is -2.10. The number of ether oxygens (including phenoxy) is 2. The molecule has 3 aliphatic carbocycles. The van der Waals surface area contributed by atoms with E-state index in [9.17, 15) is 9.59 Å². The number of hydrogen-bond acceptors (Lipinski definition) is 4. The number of carbonyl (C=O) groups excluding carboxylic acids is 2. The van der Waals surface area contributed by atoms with E-state index in [2.05, 4.69) is 12.2 Å². The van der Waals surface area contributed by atoms with E-state index in [1.165, 1.54) is 14.2 Å². The van der Waals surface area contributed by atoms with E-state index in [1.807, 2.05) is 24.3 Å². The fourth-order valence-corrected chi connectivity index (χ4v) is 2.92. The Morgan fingerprint density at radius 1 is 0.900 bits per heavy atom. The summed E-state index contributed by atoms with van der Waals surface area (Å²) in [5.74, 6) is -0.353. The van der Waals surface area contributed by atoms with Crippen LogP contribution < -0.4 is 0 Å². The molecule has 0 aromatic rings. The molecular formula is C16H16O4. The Labute approximate surface area is 117 Å². The standard InChI is InChI=1S/C16H16O4/c1-19-15(17)9-3-5-10-7-12-13(8-11(10)6-4-9)14(12)16(18)20-2/h3-9,12-14H,1-2H3/t9?,12-,13+,14?. The summed E-state index contributed by atoms with van der Waals surface area (Å²) < 4.78 is 9.56. The molecule has 0 N–H and O–H groups in total. The summed E-state index contributed by atoms with van der Waals surface area (Å²) >= 11 is 0. The molecule has 0 saturated heterocycles. The molecule has 3 aliphatic rings. The minimum absolute atomic E-state index is 0.0508. The number of allylic oxidation sites excluding steroid dienone is 6. The Kier molecular flexibility index (Phi) is 3.08. The zero-order valence-electron chi connectivity index (χ0n) is 11.4. The SMILES string of the molecule is COC(=O)C1C=CC2=C[C@@H]3C(C(=O)OC)[C@@H]3C=C2C=C1. The Balaban J connectivity index is 1.84. The van der Waals surface area contributed by atoms with Gasteiger partial charge in [0.15, 0.2) is 0 Å². The van der Waals surface area contributed by atoms with Crippen molar-refractivity contribution in [2.75, 3.05) is 14.2 Å². The summed E-state index contributed by atoms with van der Waals surface area (Å²) in [5, 5.41) is 0. The van der Waals surface area contributed by atoms with Crippen LogP contribution >= 0.6 is 0 Å². The number of fused-ring (bicyclic) bond motifs is 2. The number of carbonyl (C=O) groups is 2. The van der Waals surface area contributed by atoms with Crippen molar-refractivity contribution >= 4 is 11.9 Å². The van der Waals surface area contributed by atoms with Gasteiger partial charge in [-0.2, -0.15) is 0 Å². The van der Waals surface area contributed by atoms with Gasteiger partial charge in [-0.05, 0) is 23.0 Å². The molecular weight excluding hydrogens is 256 g/mol. The van der Waals surface area contributed by atoms with Crippen LogP contribution in [-0.4, -0.2) is 26.2 Å². The summed E-state index contributed by atoms with van der Waals surface area (Å²) in [6, 6.07) is 0.